The van der Waals surface area contributed by atoms with Crippen LogP contribution < -0.4 is 5.73 Å². The quantitative estimate of drug-likeness (QED) is 0.402. The molecule has 1 fully saturated rings. The first-order valence-corrected chi connectivity index (χ1v) is 12.3. The van der Waals surface area contributed by atoms with Crippen molar-refractivity contribution in [2.45, 2.75) is 39.2 Å². The fourth-order valence-corrected chi connectivity index (χ4v) is 6.49. The van der Waals surface area contributed by atoms with Crippen LogP contribution in [0.4, 0.5) is 0 Å². The van der Waals surface area contributed by atoms with E-state index >= 15 is 0 Å². The highest BCUT2D eigenvalue weighted by molar-refractivity contribution is 6.23. The molecule has 192 valence electrons. The number of aromatic hydroxyl groups is 1. The summed E-state index contributed by atoms with van der Waals surface area (Å²) in [4.78, 5) is 39.2. The van der Waals surface area contributed by atoms with E-state index < -0.39 is 57.9 Å². The van der Waals surface area contributed by atoms with E-state index in [1.165, 1.54) is 6.07 Å². The van der Waals surface area contributed by atoms with Crippen molar-refractivity contribution in [2.24, 2.45) is 29.4 Å². The van der Waals surface area contributed by atoms with E-state index in [2.05, 4.69) is 0 Å². The number of aryl methyl sites for hydroxylation is 1. The molecule has 0 heterocycles. The highest BCUT2D eigenvalue weighted by Gasteiger charge is 2.64. The molecule has 8 heteroatoms. The summed E-state index contributed by atoms with van der Waals surface area (Å²) in [5, 5.41) is 44.6. The summed E-state index contributed by atoms with van der Waals surface area (Å²) in [6.07, 6.45) is 0.353. The van der Waals surface area contributed by atoms with Gasteiger partial charge in [-0.05, 0) is 54.4 Å². The Morgan fingerprint density at radius 3 is 2.30 bits per heavy atom. The Morgan fingerprint density at radius 2 is 1.70 bits per heavy atom. The van der Waals surface area contributed by atoms with Gasteiger partial charge in [-0.1, -0.05) is 49.7 Å². The molecule has 0 aliphatic heterocycles. The Bertz CT molecular complexity index is 1430. The van der Waals surface area contributed by atoms with Gasteiger partial charge in [-0.25, -0.2) is 0 Å². The van der Waals surface area contributed by atoms with Crippen LogP contribution in [0.5, 0.6) is 5.75 Å². The van der Waals surface area contributed by atoms with Gasteiger partial charge in [0.1, 0.15) is 22.8 Å². The molecule has 1 amide bonds. The van der Waals surface area contributed by atoms with Crippen LogP contribution >= 0.6 is 0 Å². The van der Waals surface area contributed by atoms with Gasteiger partial charge in [0.25, 0.3) is 5.91 Å². The van der Waals surface area contributed by atoms with Crippen molar-refractivity contribution >= 4 is 23.2 Å². The maximum atomic E-state index is 13.9. The largest absolute Gasteiger partial charge is 0.508 e. The maximum Gasteiger partial charge on any atom is 0.255 e. The van der Waals surface area contributed by atoms with Gasteiger partial charge in [0.15, 0.2) is 11.4 Å². The Morgan fingerprint density at radius 1 is 1.05 bits per heavy atom. The number of aliphatic hydroxyl groups is 3. The summed E-state index contributed by atoms with van der Waals surface area (Å²) in [5.74, 6) is -7.65. The molecule has 5 rings (SSSR count). The van der Waals surface area contributed by atoms with Crippen LogP contribution in [-0.4, -0.2) is 43.5 Å². The van der Waals surface area contributed by atoms with Gasteiger partial charge in [0.2, 0.25) is 5.78 Å². The molecule has 1 saturated carbocycles. The first-order valence-electron chi connectivity index (χ1n) is 12.3. The Labute approximate surface area is 213 Å². The zero-order chi connectivity index (χ0) is 27.0. The van der Waals surface area contributed by atoms with Crippen LogP contribution in [0.3, 0.4) is 0 Å². The lowest BCUT2D eigenvalue weighted by Crippen LogP contribution is -2.62. The second-order valence-corrected chi connectivity index (χ2v) is 10.7. The van der Waals surface area contributed by atoms with Crippen molar-refractivity contribution in [3.05, 3.63) is 70.0 Å². The monoisotopic (exact) mass is 503 g/mol. The van der Waals surface area contributed by atoms with E-state index in [1.54, 1.807) is 19.9 Å². The van der Waals surface area contributed by atoms with Gasteiger partial charge >= 0.3 is 0 Å². The van der Waals surface area contributed by atoms with Crippen molar-refractivity contribution in [3.8, 4) is 16.9 Å². The predicted molar refractivity (Wildman–Crippen MR) is 135 cm³/mol. The smallest absolute Gasteiger partial charge is 0.255 e. The molecule has 0 aromatic heterocycles. The number of nitrogens with two attached hydrogens (primary N) is 1. The van der Waals surface area contributed by atoms with Crippen molar-refractivity contribution in [1.29, 1.82) is 0 Å². The highest BCUT2D eigenvalue weighted by Crippen LogP contribution is 2.55. The number of amides is 1. The summed E-state index contributed by atoms with van der Waals surface area (Å²) in [6.45, 7) is 5.44. The zero-order valence-corrected chi connectivity index (χ0v) is 20.8. The van der Waals surface area contributed by atoms with Crippen LogP contribution in [0.2, 0.25) is 0 Å². The van der Waals surface area contributed by atoms with Crippen LogP contribution in [0.1, 0.15) is 37.0 Å². The third kappa shape index (κ3) is 3.35. The second kappa shape index (κ2) is 8.31. The summed E-state index contributed by atoms with van der Waals surface area (Å²) in [7, 11) is 0. The zero-order valence-electron chi connectivity index (χ0n) is 20.8. The molecule has 0 spiro atoms. The molecule has 2 aromatic carbocycles. The topological polar surface area (TPSA) is 158 Å². The number of phenols is 1. The molecular formula is C29H29NO7. The third-order valence-corrected chi connectivity index (χ3v) is 8.22. The van der Waals surface area contributed by atoms with Gasteiger partial charge in [-0.15, -0.1) is 0 Å². The number of ketones is 2. The lowest BCUT2D eigenvalue weighted by atomic mass is 9.54. The number of benzene rings is 2. The summed E-state index contributed by atoms with van der Waals surface area (Å²) in [5.41, 5.74) is 5.30. The predicted octanol–water partition coefficient (Wildman–Crippen LogP) is 3.28. The second-order valence-electron chi connectivity index (χ2n) is 10.7. The van der Waals surface area contributed by atoms with Gasteiger partial charge in [0.05, 0.1) is 5.56 Å². The first-order chi connectivity index (χ1) is 17.4. The molecule has 37 heavy (non-hydrogen) atoms. The summed E-state index contributed by atoms with van der Waals surface area (Å²) >= 11 is 0. The molecule has 6 N–H and O–H groups in total. The van der Waals surface area contributed by atoms with Crippen LogP contribution in [0, 0.1) is 30.6 Å². The van der Waals surface area contributed by atoms with Gasteiger partial charge < -0.3 is 26.2 Å². The number of phenolic OH excluding ortho intramolecular Hbond substituents is 1. The number of aliphatic hydroxyl groups excluding tert-OH is 2. The van der Waals surface area contributed by atoms with Crippen molar-refractivity contribution in [3.63, 3.8) is 0 Å². The molecule has 0 radical (unpaired) electrons. The van der Waals surface area contributed by atoms with E-state index in [1.807, 2.05) is 31.2 Å². The standard InChI is InChI=1S/C29H29NO7/c1-12(2)20-18-11-15-10-17-16(14-6-4-13(3)5-7-14)8-9-19(31)22(17)25(33)21(15)26(34)29(18,37)27(35)23(24(20)32)28(30)36/h4-9,12,15,18,20,31,33,35,37H,10-11H2,1-3H3,(H2,30,36)/t15-,18-,20-,29-/m0/s1. The fourth-order valence-electron chi connectivity index (χ4n) is 6.49. The van der Waals surface area contributed by atoms with Gasteiger partial charge in [-0.2, -0.15) is 0 Å². The number of hydrogen-bond donors (Lipinski definition) is 5. The normalized spacial score (nSPS) is 27.2. The van der Waals surface area contributed by atoms with Crippen LogP contribution in [-0.2, 0) is 20.8 Å². The minimum Gasteiger partial charge on any atom is -0.508 e. The maximum absolute atomic E-state index is 13.9. The number of Topliss-reactive ketones (excluding diaryl/α,β-unsaturated/α-hetero) is 2. The lowest BCUT2D eigenvalue weighted by Gasteiger charge is -2.50. The van der Waals surface area contributed by atoms with Gasteiger partial charge in [0, 0.05) is 17.4 Å². The molecule has 0 saturated heterocycles. The Kier molecular flexibility index (Phi) is 5.56. The Balaban J connectivity index is 1.74. The summed E-state index contributed by atoms with van der Waals surface area (Å²) in [6, 6.07) is 11.0. The van der Waals surface area contributed by atoms with Crippen LogP contribution in [0.15, 0.2) is 53.3 Å². The number of rotatable bonds is 3. The van der Waals surface area contributed by atoms with Crippen molar-refractivity contribution in [1.82, 2.24) is 0 Å². The molecule has 3 aliphatic rings. The van der Waals surface area contributed by atoms with Crippen LogP contribution in [0.25, 0.3) is 16.9 Å². The van der Waals surface area contributed by atoms with E-state index in [9.17, 15) is 34.8 Å². The van der Waals surface area contributed by atoms with E-state index in [-0.39, 0.29) is 35.6 Å². The minimum atomic E-state index is -2.60. The molecule has 8 nitrogen and oxygen atoms in total. The molecule has 0 bridgehead atoms. The highest BCUT2D eigenvalue weighted by atomic mass is 16.3. The molecular weight excluding hydrogens is 474 g/mol. The average molecular weight is 504 g/mol. The molecule has 3 aliphatic carbocycles. The lowest BCUT2D eigenvalue weighted by molar-refractivity contribution is -0.155. The molecule has 4 atom stereocenters. The fraction of sp³-hybridized carbons (Fsp3) is 0.345. The number of fused-ring (bicyclic) bond motifs is 3. The SMILES string of the molecule is Cc1ccc(-c2ccc(O)c3c2C[C@H]2C[C@H]4[C@H](C(C)C)C(=O)C(C(N)=O)=C(O)[C@@]4(O)C(=O)C2=C3O)cc1. The Hall–Kier alpha value is -3.91. The molecule has 2 aromatic rings. The molecule has 0 unspecified atom stereocenters. The minimum absolute atomic E-state index is 0.0885. The summed E-state index contributed by atoms with van der Waals surface area (Å²) < 4.78 is 0. The van der Waals surface area contributed by atoms with E-state index in [0.717, 1.165) is 16.7 Å². The average Bonchev–Trinajstić information content (AvgIpc) is 2.82. The number of carbonyl (C=O) groups is 3. The van der Waals surface area contributed by atoms with Crippen molar-refractivity contribution in [2.75, 3.05) is 0 Å². The first kappa shape index (κ1) is 24.8. The third-order valence-electron chi connectivity index (χ3n) is 8.22. The van der Waals surface area contributed by atoms with Crippen molar-refractivity contribution < 1.29 is 34.8 Å². The number of primary amides is 1. The number of hydrogen-bond acceptors (Lipinski definition) is 7. The number of carbonyl (C=O) groups excluding carboxylic acids is 3. The van der Waals surface area contributed by atoms with E-state index in [4.69, 9.17) is 5.73 Å². The van der Waals surface area contributed by atoms with E-state index in [0.29, 0.717) is 5.56 Å². The van der Waals surface area contributed by atoms with Gasteiger partial charge in [-0.3, -0.25) is 14.4 Å².